The Hall–Kier alpha value is -1.29. The molecule has 0 radical (unpaired) electrons. The summed E-state index contributed by atoms with van der Waals surface area (Å²) < 4.78 is 11.0. The number of hydrogen-bond donors (Lipinski definition) is 0. The third-order valence-corrected chi connectivity index (χ3v) is 2.83. The number of methoxy groups -OCH3 is 1. The van der Waals surface area contributed by atoms with Gasteiger partial charge in [0.25, 0.3) is 0 Å². The van der Waals surface area contributed by atoms with E-state index in [9.17, 15) is 0 Å². The van der Waals surface area contributed by atoms with Gasteiger partial charge in [0, 0.05) is 5.56 Å². The molecule has 2 rings (SSSR count). The van der Waals surface area contributed by atoms with E-state index in [1.807, 2.05) is 25.1 Å². The molecule has 3 nitrogen and oxygen atoms in total. The van der Waals surface area contributed by atoms with Crippen LogP contribution in [0.1, 0.15) is 5.69 Å². The maximum atomic E-state index is 5.16. The lowest BCUT2D eigenvalue weighted by Crippen LogP contribution is -1.85. The Morgan fingerprint density at radius 1 is 1.40 bits per heavy atom. The van der Waals surface area contributed by atoms with Crippen LogP contribution in [-0.4, -0.2) is 12.3 Å². The minimum absolute atomic E-state index is 0.813. The molecule has 0 saturated heterocycles. The molecule has 2 aromatic rings. The standard InChI is InChI=1S/C11H10BrNO2/c1-7-9(6-15-13-7)8-3-4-11(14-2)10(12)5-8/h3-6H,1-2H3. The van der Waals surface area contributed by atoms with Crippen LogP contribution in [0.5, 0.6) is 5.75 Å². The second-order valence-corrected chi connectivity index (χ2v) is 4.02. The van der Waals surface area contributed by atoms with E-state index in [0.717, 1.165) is 27.0 Å². The fourth-order valence-electron chi connectivity index (χ4n) is 1.40. The molecule has 0 atom stereocenters. The summed E-state index contributed by atoms with van der Waals surface area (Å²) in [7, 11) is 1.64. The van der Waals surface area contributed by atoms with Crippen molar-refractivity contribution in [2.24, 2.45) is 0 Å². The monoisotopic (exact) mass is 267 g/mol. The van der Waals surface area contributed by atoms with Crippen molar-refractivity contribution >= 4 is 15.9 Å². The van der Waals surface area contributed by atoms with Crippen LogP contribution in [0.3, 0.4) is 0 Å². The summed E-state index contributed by atoms with van der Waals surface area (Å²) in [5.74, 6) is 0.813. The zero-order valence-electron chi connectivity index (χ0n) is 8.45. The van der Waals surface area contributed by atoms with Gasteiger partial charge in [-0.2, -0.15) is 0 Å². The first-order chi connectivity index (χ1) is 7.22. The highest BCUT2D eigenvalue weighted by molar-refractivity contribution is 9.10. The van der Waals surface area contributed by atoms with Gasteiger partial charge in [0.05, 0.1) is 17.3 Å². The topological polar surface area (TPSA) is 35.3 Å². The predicted molar refractivity (Wildman–Crippen MR) is 60.9 cm³/mol. The zero-order valence-corrected chi connectivity index (χ0v) is 10.0. The molecular formula is C11H10BrNO2. The highest BCUT2D eigenvalue weighted by atomic mass is 79.9. The molecule has 0 spiro atoms. The Morgan fingerprint density at radius 2 is 2.20 bits per heavy atom. The Kier molecular flexibility index (Phi) is 2.77. The molecule has 1 heterocycles. The summed E-state index contributed by atoms with van der Waals surface area (Å²) >= 11 is 3.44. The van der Waals surface area contributed by atoms with E-state index in [-0.39, 0.29) is 0 Å². The molecule has 78 valence electrons. The van der Waals surface area contributed by atoms with Crippen molar-refractivity contribution in [2.45, 2.75) is 6.92 Å². The van der Waals surface area contributed by atoms with Crippen LogP contribution in [0.4, 0.5) is 0 Å². The summed E-state index contributed by atoms with van der Waals surface area (Å²) in [5, 5.41) is 3.84. The summed E-state index contributed by atoms with van der Waals surface area (Å²) in [5.41, 5.74) is 2.94. The quantitative estimate of drug-likeness (QED) is 0.837. The number of benzene rings is 1. The van der Waals surface area contributed by atoms with E-state index >= 15 is 0 Å². The summed E-state index contributed by atoms with van der Waals surface area (Å²) in [4.78, 5) is 0. The highest BCUT2D eigenvalue weighted by Gasteiger charge is 2.08. The second-order valence-electron chi connectivity index (χ2n) is 3.16. The Morgan fingerprint density at radius 3 is 2.73 bits per heavy atom. The van der Waals surface area contributed by atoms with Gasteiger partial charge in [0.1, 0.15) is 12.0 Å². The molecule has 0 unspecified atom stereocenters. The van der Waals surface area contributed by atoms with Gasteiger partial charge in [-0.3, -0.25) is 0 Å². The third-order valence-electron chi connectivity index (χ3n) is 2.21. The molecule has 0 amide bonds. The molecule has 0 saturated carbocycles. The molecule has 1 aromatic heterocycles. The van der Waals surface area contributed by atoms with Crippen molar-refractivity contribution in [1.29, 1.82) is 0 Å². The molecule has 0 aliphatic carbocycles. The average molecular weight is 268 g/mol. The van der Waals surface area contributed by atoms with Crippen LogP contribution in [0.25, 0.3) is 11.1 Å². The molecule has 0 aliphatic rings. The van der Waals surface area contributed by atoms with Crippen LogP contribution in [0, 0.1) is 6.92 Å². The normalized spacial score (nSPS) is 10.3. The van der Waals surface area contributed by atoms with Gasteiger partial charge in [-0.15, -0.1) is 0 Å². The first-order valence-electron chi connectivity index (χ1n) is 4.47. The Bertz CT molecular complexity index is 479. The van der Waals surface area contributed by atoms with Gasteiger partial charge < -0.3 is 9.26 Å². The van der Waals surface area contributed by atoms with Crippen LogP contribution in [0.15, 0.2) is 33.5 Å². The SMILES string of the molecule is COc1ccc(-c2conc2C)cc1Br. The van der Waals surface area contributed by atoms with Gasteiger partial charge in [-0.05, 0) is 40.5 Å². The number of rotatable bonds is 2. The van der Waals surface area contributed by atoms with Crippen molar-refractivity contribution in [2.75, 3.05) is 7.11 Å². The maximum Gasteiger partial charge on any atom is 0.133 e. The Labute approximate surface area is 96.2 Å². The van der Waals surface area contributed by atoms with Crippen molar-refractivity contribution in [1.82, 2.24) is 5.16 Å². The lowest BCUT2D eigenvalue weighted by Gasteiger charge is -2.04. The average Bonchev–Trinajstić information content (AvgIpc) is 2.64. The molecule has 15 heavy (non-hydrogen) atoms. The molecule has 0 fully saturated rings. The molecule has 4 heteroatoms. The second kappa shape index (κ2) is 4.06. The van der Waals surface area contributed by atoms with E-state index in [1.54, 1.807) is 13.4 Å². The number of hydrogen-bond acceptors (Lipinski definition) is 3. The van der Waals surface area contributed by atoms with Crippen LogP contribution in [0.2, 0.25) is 0 Å². The van der Waals surface area contributed by atoms with Crippen LogP contribution >= 0.6 is 15.9 Å². The predicted octanol–water partition coefficient (Wildman–Crippen LogP) is 3.42. The van der Waals surface area contributed by atoms with E-state index in [2.05, 4.69) is 21.1 Å². The smallest absolute Gasteiger partial charge is 0.133 e. The molecule has 0 N–H and O–H groups in total. The van der Waals surface area contributed by atoms with Gasteiger partial charge in [-0.1, -0.05) is 11.2 Å². The van der Waals surface area contributed by atoms with Crippen LogP contribution in [-0.2, 0) is 0 Å². The van der Waals surface area contributed by atoms with Crippen LogP contribution < -0.4 is 4.74 Å². The molecule has 0 bridgehead atoms. The highest BCUT2D eigenvalue weighted by Crippen LogP contribution is 2.31. The number of ether oxygens (including phenoxy) is 1. The fraction of sp³-hybridized carbons (Fsp3) is 0.182. The van der Waals surface area contributed by atoms with Gasteiger partial charge in [0.2, 0.25) is 0 Å². The fourth-order valence-corrected chi connectivity index (χ4v) is 1.94. The Balaban J connectivity index is 2.47. The number of nitrogens with zero attached hydrogens (tertiary/aromatic N) is 1. The third kappa shape index (κ3) is 1.90. The largest absolute Gasteiger partial charge is 0.496 e. The van der Waals surface area contributed by atoms with Crippen molar-refractivity contribution in [3.63, 3.8) is 0 Å². The summed E-state index contributed by atoms with van der Waals surface area (Å²) in [6.45, 7) is 1.91. The van der Waals surface area contributed by atoms with Gasteiger partial charge in [0.15, 0.2) is 0 Å². The van der Waals surface area contributed by atoms with E-state index in [0.29, 0.717) is 0 Å². The van der Waals surface area contributed by atoms with Gasteiger partial charge >= 0.3 is 0 Å². The zero-order chi connectivity index (χ0) is 10.8. The van der Waals surface area contributed by atoms with E-state index in [4.69, 9.17) is 9.26 Å². The van der Waals surface area contributed by atoms with Crippen molar-refractivity contribution in [3.05, 3.63) is 34.6 Å². The first kappa shape index (κ1) is 10.2. The molecule has 0 aliphatic heterocycles. The number of aryl methyl sites for hydroxylation is 1. The van der Waals surface area contributed by atoms with E-state index < -0.39 is 0 Å². The van der Waals surface area contributed by atoms with E-state index in [1.165, 1.54) is 0 Å². The lowest BCUT2D eigenvalue weighted by atomic mass is 10.1. The van der Waals surface area contributed by atoms with Crippen molar-refractivity contribution in [3.8, 4) is 16.9 Å². The summed E-state index contributed by atoms with van der Waals surface area (Å²) in [6.07, 6.45) is 1.64. The summed E-state index contributed by atoms with van der Waals surface area (Å²) in [6, 6.07) is 5.87. The lowest BCUT2D eigenvalue weighted by molar-refractivity contribution is 0.412. The molecule has 1 aromatic carbocycles. The maximum absolute atomic E-state index is 5.16. The minimum Gasteiger partial charge on any atom is -0.496 e. The van der Waals surface area contributed by atoms with Crippen molar-refractivity contribution < 1.29 is 9.26 Å². The molecular weight excluding hydrogens is 258 g/mol. The van der Waals surface area contributed by atoms with Gasteiger partial charge in [-0.25, -0.2) is 0 Å². The first-order valence-corrected chi connectivity index (χ1v) is 5.26. The number of aromatic nitrogens is 1. The number of halogens is 1. The minimum atomic E-state index is 0.813.